The fourth-order valence-electron chi connectivity index (χ4n) is 2.33. The molecule has 100 valence electrons. The maximum Gasteiger partial charge on any atom is 0.0483 e. The van der Waals surface area contributed by atoms with Crippen LogP contribution in [0.2, 0.25) is 5.02 Å². The number of rotatable bonds is 5. The molecule has 0 aliphatic carbocycles. The molecule has 1 N–H and O–H groups in total. The standard InChI is InChI=1S/C17H20ClN/c1-3-19-16(12-14-9-5-4-6-10-14)15-11-7-8-13(2)17(15)18/h4-11,16,19H,3,12H2,1-2H3. The van der Waals surface area contributed by atoms with Crippen LogP contribution in [0.25, 0.3) is 0 Å². The third kappa shape index (κ3) is 3.59. The summed E-state index contributed by atoms with van der Waals surface area (Å²) in [6.45, 7) is 5.11. The lowest BCUT2D eigenvalue weighted by molar-refractivity contribution is 0.550. The molecule has 0 heterocycles. The maximum absolute atomic E-state index is 6.45. The minimum atomic E-state index is 0.264. The van der Waals surface area contributed by atoms with Crippen molar-refractivity contribution in [2.75, 3.05) is 6.54 Å². The molecule has 0 saturated heterocycles. The zero-order chi connectivity index (χ0) is 13.7. The summed E-state index contributed by atoms with van der Waals surface area (Å²) in [6, 6.07) is 17.0. The van der Waals surface area contributed by atoms with Crippen LogP contribution in [-0.4, -0.2) is 6.54 Å². The molecule has 0 bridgehead atoms. The molecule has 0 amide bonds. The average Bonchev–Trinajstić information content (AvgIpc) is 2.43. The Hall–Kier alpha value is -1.31. The first-order valence-electron chi connectivity index (χ1n) is 6.74. The lowest BCUT2D eigenvalue weighted by Crippen LogP contribution is -2.23. The van der Waals surface area contributed by atoms with Gasteiger partial charge >= 0.3 is 0 Å². The maximum atomic E-state index is 6.45. The molecular formula is C17H20ClN. The number of aryl methyl sites for hydroxylation is 1. The zero-order valence-corrected chi connectivity index (χ0v) is 12.2. The lowest BCUT2D eigenvalue weighted by atomic mass is 9.97. The van der Waals surface area contributed by atoms with Crippen molar-refractivity contribution in [3.8, 4) is 0 Å². The summed E-state index contributed by atoms with van der Waals surface area (Å²) in [4.78, 5) is 0. The Morgan fingerprint density at radius 2 is 1.79 bits per heavy atom. The molecule has 19 heavy (non-hydrogen) atoms. The van der Waals surface area contributed by atoms with E-state index in [1.807, 2.05) is 6.07 Å². The highest BCUT2D eigenvalue weighted by Crippen LogP contribution is 2.28. The van der Waals surface area contributed by atoms with Crippen molar-refractivity contribution in [1.29, 1.82) is 0 Å². The van der Waals surface area contributed by atoms with Gasteiger partial charge in [-0.05, 0) is 36.6 Å². The Morgan fingerprint density at radius 3 is 2.47 bits per heavy atom. The second-order valence-corrected chi connectivity index (χ2v) is 5.16. The van der Waals surface area contributed by atoms with Crippen molar-refractivity contribution in [2.45, 2.75) is 26.3 Å². The van der Waals surface area contributed by atoms with E-state index in [2.05, 4.69) is 61.6 Å². The van der Waals surface area contributed by atoms with Gasteiger partial charge < -0.3 is 5.32 Å². The Morgan fingerprint density at radius 1 is 1.05 bits per heavy atom. The molecule has 2 heteroatoms. The van der Waals surface area contributed by atoms with E-state index in [1.54, 1.807) is 0 Å². The molecule has 0 aliphatic heterocycles. The molecule has 0 saturated carbocycles. The van der Waals surface area contributed by atoms with Gasteiger partial charge in [-0.1, -0.05) is 67.1 Å². The minimum absolute atomic E-state index is 0.264. The second-order valence-electron chi connectivity index (χ2n) is 4.78. The fourth-order valence-corrected chi connectivity index (χ4v) is 2.59. The Balaban J connectivity index is 2.27. The van der Waals surface area contributed by atoms with Crippen LogP contribution in [0.3, 0.4) is 0 Å². The predicted molar refractivity (Wildman–Crippen MR) is 82.8 cm³/mol. The van der Waals surface area contributed by atoms with E-state index in [1.165, 1.54) is 11.1 Å². The van der Waals surface area contributed by atoms with Crippen LogP contribution in [-0.2, 0) is 6.42 Å². The van der Waals surface area contributed by atoms with Crippen molar-refractivity contribution >= 4 is 11.6 Å². The number of halogens is 1. The van der Waals surface area contributed by atoms with Crippen molar-refractivity contribution in [3.63, 3.8) is 0 Å². The highest BCUT2D eigenvalue weighted by atomic mass is 35.5. The molecule has 1 nitrogen and oxygen atoms in total. The number of hydrogen-bond acceptors (Lipinski definition) is 1. The highest BCUT2D eigenvalue weighted by molar-refractivity contribution is 6.32. The molecule has 2 aromatic carbocycles. The average molecular weight is 274 g/mol. The number of likely N-dealkylation sites (N-methyl/N-ethyl adjacent to an activating group) is 1. The molecule has 1 atom stereocenters. The van der Waals surface area contributed by atoms with Gasteiger partial charge in [0.25, 0.3) is 0 Å². The van der Waals surface area contributed by atoms with Crippen molar-refractivity contribution in [3.05, 3.63) is 70.2 Å². The number of nitrogens with one attached hydrogen (secondary N) is 1. The van der Waals surface area contributed by atoms with Crippen LogP contribution >= 0.6 is 11.6 Å². The molecule has 0 spiro atoms. The summed E-state index contributed by atoms with van der Waals surface area (Å²) in [5, 5.41) is 4.41. The van der Waals surface area contributed by atoms with E-state index < -0.39 is 0 Å². The van der Waals surface area contributed by atoms with Crippen LogP contribution in [0.15, 0.2) is 48.5 Å². The largest absolute Gasteiger partial charge is 0.310 e. The van der Waals surface area contributed by atoms with Crippen LogP contribution in [0.5, 0.6) is 0 Å². The summed E-state index contributed by atoms with van der Waals surface area (Å²) < 4.78 is 0. The Kier molecular flexibility index (Phi) is 5.00. The topological polar surface area (TPSA) is 12.0 Å². The lowest BCUT2D eigenvalue weighted by Gasteiger charge is -2.20. The van der Waals surface area contributed by atoms with E-state index in [4.69, 9.17) is 11.6 Å². The van der Waals surface area contributed by atoms with Gasteiger partial charge in [0.2, 0.25) is 0 Å². The summed E-state index contributed by atoms with van der Waals surface area (Å²) >= 11 is 6.45. The normalized spacial score (nSPS) is 12.4. The molecule has 1 unspecified atom stereocenters. The van der Waals surface area contributed by atoms with E-state index in [9.17, 15) is 0 Å². The van der Waals surface area contributed by atoms with E-state index in [-0.39, 0.29) is 6.04 Å². The van der Waals surface area contributed by atoms with Crippen molar-refractivity contribution in [1.82, 2.24) is 5.32 Å². The second kappa shape index (κ2) is 6.74. The molecule has 2 rings (SSSR count). The van der Waals surface area contributed by atoms with Crippen LogP contribution < -0.4 is 5.32 Å². The molecule has 2 aromatic rings. The first-order valence-corrected chi connectivity index (χ1v) is 7.12. The van der Waals surface area contributed by atoms with Crippen LogP contribution in [0, 0.1) is 6.92 Å². The first-order chi connectivity index (χ1) is 9.22. The van der Waals surface area contributed by atoms with Gasteiger partial charge in [-0.2, -0.15) is 0 Å². The van der Waals surface area contributed by atoms with Gasteiger partial charge in [0.05, 0.1) is 0 Å². The van der Waals surface area contributed by atoms with Gasteiger partial charge in [-0.15, -0.1) is 0 Å². The summed E-state index contributed by atoms with van der Waals surface area (Å²) in [5.41, 5.74) is 3.65. The third-order valence-electron chi connectivity index (χ3n) is 3.33. The van der Waals surface area contributed by atoms with E-state index >= 15 is 0 Å². The predicted octanol–water partition coefficient (Wildman–Crippen LogP) is 4.54. The summed E-state index contributed by atoms with van der Waals surface area (Å²) in [7, 11) is 0. The zero-order valence-electron chi connectivity index (χ0n) is 11.5. The molecule has 0 aromatic heterocycles. The highest BCUT2D eigenvalue weighted by Gasteiger charge is 2.15. The summed E-state index contributed by atoms with van der Waals surface area (Å²) in [5.74, 6) is 0. The van der Waals surface area contributed by atoms with Crippen molar-refractivity contribution < 1.29 is 0 Å². The monoisotopic (exact) mass is 273 g/mol. The fraction of sp³-hybridized carbons (Fsp3) is 0.294. The number of hydrogen-bond donors (Lipinski definition) is 1. The molecule has 0 fully saturated rings. The summed E-state index contributed by atoms with van der Waals surface area (Å²) in [6.07, 6.45) is 0.956. The first kappa shape index (κ1) is 14.1. The smallest absolute Gasteiger partial charge is 0.0483 e. The molecule has 0 radical (unpaired) electrons. The van der Waals surface area contributed by atoms with Gasteiger partial charge in [-0.25, -0.2) is 0 Å². The van der Waals surface area contributed by atoms with Gasteiger partial charge in [0, 0.05) is 11.1 Å². The van der Waals surface area contributed by atoms with Crippen molar-refractivity contribution in [2.24, 2.45) is 0 Å². The minimum Gasteiger partial charge on any atom is -0.310 e. The Labute approximate surface area is 120 Å². The van der Waals surface area contributed by atoms with Gasteiger partial charge in [-0.3, -0.25) is 0 Å². The molecule has 0 aliphatic rings. The quantitative estimate of drug-likeness (QED) is 0.843. The third-order valence-corrected chi connectivity index (χ3v) is 3.85. The number of benzene rings is 2. The van der Waals surface area contributed by atoms with E-state index in [0.717, 1.165) is 23.6 Å². The van der Waals surface area contributed by atoms with Gasteiger partial charge in [0.15, 0.2) is 0 Å². The van der Waals surface area contributed by atoms with Crippen LogP contribution in [0.1, 0.15) is 29.7 Å². The SMILES string of the molecule is CCNC(Cc1ccccc1)c1cccc(C)c1Cl. The van der Waals surface area contributed by atoms with E-state index in [0.29, 0.717) is 0 Å². The van der Waals surface area contributed by atoms with Crippen LogP contribution in [0.4, 0.5) is 0 Å². The molecular weight excluding hydrogens is 254 g/mol. The Bertz CT molecular complexity index is 522. The van der Waals surface area contributed by atoms with Gasteiger partial charge in [0.1, 0.15) is 0 Å².